The lowest BCUT2D eigenvalue weighted by Crippen LogP contribution is -2.52. The molecular weight excluding hydrogens is 278 g/mol. The van der Waals surface area contributed by atoms with Gasteiger partial charge in [0.1, 0.15) is 6.17 Å². The van der Waals surface area contributed by atoms with Gasteiger partial charge in [-0.1, -0.05) is 12.8 Å². The third kappa shape index (κ3) is 3.28. The van der Waals surface area contributed by atoms with Crippen LogP contribution in [-0.2, 0) is 15.0 Å². The molecule has 2 rings (SSSR count). The Morgan fingerprint density at radius 3 is 2.35 bits per heavy atom. The summed E-state index contributed by atoms with van der Waals surface area (Å²) in [6, 6.07) is 0.0258. The van der Waals surface area contributed by atoms with Crippen LogP contribution in [0.25, 0.3) is 0 Å². The Bertz CT molecular complexity index is 473. The summed E-state index contributed by atoms with van der Waals surface area (Å²) in [6.45, 7) is 2.96. The zero-order valence-corrected chi connectivity index (χ0v) is 12.8. The third-order valence-electron chi connectivity index (χ3n) is 4.21. The second-order valence-corrected chi connectivity index (χ2v) is 7.46. The molecule has 2 heterocycles. The molecule has 2 saturated heterocycles. The van der Waals surface area contributed by atoms with E-state index in [-0.39, 0.29) is 6.04 Å². The average Bonchev–Trinajstić information content (AvgIpc) is 2.65. The van der Waals surface area contributed by atoms with Crippen LogP contribution in [0.5, 0.6) is 0 Å². The first-order chi connectivity index (χ1) is 9.57. The third-order valence-corrected chi connectivity index (χ3v) is 6.36. The maximum absolute atomic E-state index is 12.9. The van der Waals surface area contributed by atoms with Crippen molar-refractivity contribution in [1.29, 1.82) is 0 Å². The standard InChI is InChI=1S/C13H23N3O3S/c1-12-7-4-6-9-15(12)20(18,19)16-10-5-2-3-8-13(16)14-11-17/h12-13H,2-10H2,1H3. The summed E-state index contributed by atoms with van der Waals surface area (Å²) in [5, 5.41) is 0. The first kappa shape index (κ1) is 15.6. The molecule has 0 amide bonds. The van der Waals surface area contributed by atoms with E-state index in [9.17, 15) is 13.2 Å². The van der Waals surface area contributed by atoms with Crippen LogP contribution in [0, 0.1) is 0 Å². The van der Waals surface area contributed by atoms with Gasteiger partial charge < -0.3 is 0 Å². The lowest BCUT2D eigenvalue weighted by molar-refractivity contribution is 0.229. The minimum atomic E-state index is -3.53. The number of piperidine rings is 1. The highest BCUT2D eigenvalue weighted by Gasteiger charge is 2.38. The SMILES string of the molecule is CC1CCCCN1S(=O)(=O)N1CCCCCC1N=C=O. The molecule has 2 unspecified atom stereocenters. The van der Waals surface area contributed by atoms with E-state index in [0.717, 1.165) is 38.5 Å². The second kappa shape index (κ2) is 6.80. The number of hydrogen-bond donors (Lipinski definition) is 0. The Kier molecular flexibility index (Phi) is 5.32. The minimum Gasteiger partial charge on any atom is -0.211 e. The predicted molar refractivity (Wildman–Crippen MR) is 76.0 cm³/mol. The van der Waals surface area contributed by atoms with E-state index >= 15 is 0 Å². The number of nitrogens with zero attached hydrogens (tertiary/aromatic N) is 3. The molecule has 0 radical (unpaired) electrons. The summed E-state index contributed by atoms with van der Waals surface area (Å²) in [4.78, 5) is 14.3. The Balaban J connectivity index is 2.26. The Labute approximate surface area is 121 Å². The molecule has 2 aliphatic rings. The number of hydrogen-bond acceptors (Lipinski definition) is 4. The van der Waals surface area contributed by atoms with Crippen LogP contribution < -0.4 is 0 Å². The van der Waals surface area contributed by atoms with Gasteiger partial charge in [-0.05, 0) is 39.0 Å². The zero-order chi connectivity index (χ0) is 14.6. The number of rotatable bonds is 3. The molecule has 0 aromatic heterocycles. The smallest absolute Gasteiger partial charge is 0.211 e. The summed E-state index contributed by atoms with van der Waals surface area (Å²) in [5.74, 6) is 0. The molecule has 2 atom stereocenters. The quantitative estimate of drug-likeness (QED) is 0.588. The lowest BCUT2D eigenvalue weighted by atomic mass is 10.1. The molecule has 2 fully saturated rings. The van der Waals surface area contributed by atoms with Crippen molar-refractivity contribution >= 4 is 16.3 Å². The Morgan fingerprint density at radius 2 is 1.65 bits per heavy atom. The predicted octanol–water partition coefficient (Wildman–Crippen LogP) is 1.64. The molecule has 0 bridgehead atoms. The van der Waals surface area contributed by atoms with E-state index in [0.29, 0.717) is 19.5 Å². The van der Waals surface area contributed by atoms with Crippen LogP contribution in [0.4, 0.5) is 0 Å². The highest BCUT2D eigenvalue weighted by molar-refractivity contribution is 7.86. The fourth-order valence-corrected chi connectivity index (χ4v) is 5.08. The van der Waals surface area contributed by atoms with Gasteiger partial charge in [-0.15, -0.1) is 0 Å². The van der Waals surface area contributed by atoms with Gasteiger partial charge in [-0.25, -0.2) is 4.79 Å². The van der Waals surface area contributed by atoms with Gasteiger partial charge in [0.15, 0.2) is 0 Å². The van der Waals surface area contributed by atoms with Crippen LogP contribution in [-0.4, -0.2) is 48.4 Å². The highest BCUT2D eigenvalue weighted by atomic mass is 32.2. The molecule has 0 aromatic rings. The van der Waals surface area contributed by atoms with Gasteiger partial charge in [-0.2, -0.15) is 22.0 Å². The maximum atomic E-state index is 12.9. The summed E-state index contributed by atoms with van der Waals surface area (Å²) >= 11 is 0. The number of isocyanates is 1. The van der Waals surface area contributed by atoms with Gasteiger partial charge >= 0.3 is 0 Å². The minimum absolute atomic E-state index is 0.0258. The van der Waals surface area contributed by atoms with Crippen LogP contribution in [0.1, 0.15) is 51.9 Å². The van der Waals surface area contributed by atoms with Crippen LogP contribution in [0.15, 0.2) is 4.99 Å². The summed E-state index contributed by atoms with van der Waals surface area (Å²) in [6.07, 6.45) is 7.14. The molecular formula is C13H23N3O3S. The zero-order valence-electron chi connectivity index (χ0n) is 12.0. The van der Waals surface area contributed by atoms with Crippen molar-refractivity contribution < 1.29 is 13.2 Å². The molecule has 114 valence electrons. The lowest BCUT2D eigenvalue weighted by Gasteiger charge is -2.37. The summed E-state index contributed by atoms with van der Waals surface area (Å²) < 4.78 is 28.7. The van der Waals surface area contributed by atoms with Crippen LogP contribution in [0.2, 0.25) is 0 Å². The van der Waals surface area contributed by atoms with E-state index in [1.54, 1.807) is 4.31 Å². The number of carbonyl (C=O) groups excluding carboxylic acids is 1. The summed E-state index contributed by atoms with van der Waals surface area (Å²) in [7, 11) is -3.53. The van der Waals surface area contributed by atoms with Crippen LogP contribution >= 0.6 is 0 Å². The van der Waals surface area contributed by atoms with E-state index in [1.807, 2.05) is 6.92 Å². The van der Waals surface area contributed by atoms with Crippen molar-refractivity contribution in [3.63, 3.8) is 0 Å². The van der Waals surface area contributed by atoms with Crippen molar-refractivity contribution in [1.82, 2.24) is 8.61 Å². The average molecular weight is 301 g/mol. The topological polar surface area (TPSA) is 70.1 Å². The molecule has 7 heteroatoms. The van der Waals surface area contributed by atoms with Gasteiger partial charge in [0.25, 0.3) is 10.2 Å². The summed E-state index contributed by atoms with van der Waals surface area (Å²) in [5.41, 5.74) is 0. The van der Waals surface area contributed by atoms with Crippen molar-refractivity contribution in [2.45, 2.75) is 64.1 Å². The van der Waals surface area contributed by atoms with E-state index < -0.39 is 16.4 Å². The molecule has 0 saturated carbocycles. The normalized spacial score (nSPS) is 30.4. The second-order valence-electron chi connectivity index (χ2n) is 5.62. The van der Waals surface area contributed by atoms with E-state index in [2.05, 4.69) is 4.99 Å². The largest absolute Gasteiger partial charge is 0.284 e. The van der Waals surface area contributed by atoms with E-state index in [4.69, 9.17) is 0 Å². The van der Waals surface area contributed by atoms with Gasteiger partial charge in [0.2, 0.25) is 6.08 Å². The maximum Gasteiger partial charge on any atom is 0.284 e. The molecule has 6 nitrogen and oxygen atoms in total. The number of aliphatic imine (C=N–C) groups is 1. The Morgan fingerprint density at radius 1 is 1.00 bits per heavy atom. The molecule has 0 aliphatic carbocycles. The molecule has 0 N–H and O–H groups in total. The van der Waals surface area contributed by atoms with Crippen molar-refractivity contribution in [2.24, 2.45) is 4.99 Å². The monoisotopic (exact) mass is 301 g/mol. The van der Waals surface area contributed by atoms with Crippen molar-refractivity contribution in [3.8, 4) is 0 Å². The first-order valence-corrected chi connectivity index (χ1v) is 8.82. The molecule has 20 heavy (non-hydrogen) atoms. The van der Waals surface area contributed by atoms with Crippen LogP contribution in [0.3, 0.4) is 0 Å². The van der Waals surface area contributed by atoms with Crippen molar-refractivity contribution in [2.75, 3.05) is 13.1 Å². The van der Waals surface area contributed by atoms with Gasteiger partial charge in [-0.3, -0.25) is 0 Å². The fraction of sp³-hybridized carbons (Fsp3) is 0.923. The fourth-order valence-electron chi connectivity index (χ4n) is 3.07. The Hall–Kier alpha value is -0.750. The van der Waals surface area contributed by atoms with Gasteiger partial charge in [0, 0.05) is 19.1 Å². The molecule has 2 aliphatic heterocycles. The van der Waals surface area contributed by atoms with E-state index in [1.165, 1.54) is 10.4 Å². The first-order valence-electron chi connectivity index (χ1n) is 7.43. The van der Waals surface area contributed by atoms with Gasteiger partial charge in [0.05, 0.1) is 0 Å². The van der Waals surface area contributed by atoms with Crippen molar-refractivity contribution in [3.05, 3.63) is 0 Å². The highest BCUT2D eigenvalue weighted by Crippen LogP contribution is 2.27. The molecule has 0 aromatic carbocycles. The molecule has 0 spiro atoms.